The van der Waals surface area contributed by atoms with Crippen molar-refractivity contribution in [2.24, 2.45) is 0 Å². The van der Waals surface area contributed by atoms with E-state index in [1.165, 1.54) is 19.2 Å². The molecule has 0 aliphatic heterocycles. The molecule has 0 aliphatic rings. The number of fused-ring (bicyclic) bond motifs is 1. The molecular formula is C19H15FN4O4. The van der Waals surface area contributed by atoms with Crippen molar-refractivity contribution >= 4 is 17.0 Å². The molecule has 9 heteroatoms. The van der Waals surface area contributed by atoms with E-state index in [1.807, 2.05) is 0 Å². The molecule has 4 aromatic rings. The van der Waals surface area contributed by atoms with Crippen molar-refractivity contribution in [3.05, 3.63) is 65.6 Å². The lowest BCUT2D eigenvalue weighted by Crippen LogP contribution is -2.23. The molecule has 1 amide bonds. The summed E-state index contributed by atoms with van der Waals surface area (Å²) in [6.45, 7) is 0.314. The number of rotatable bonds is 6. The Balaban J connectivity index is 1.49. The Morgan fingerprint density at radius 1 is 1.21 bits per heavy atom. The third-order valence-electron chi connectivity index (χ3n) is 3.91. The fourth-order valence-electron chi connectivity index (χ4n) is 2.62. The number of carbonyl (C=O) groups excluding carboxylic acids is 1. The maximum absolute atomic E-state index is 13.4. The van der Waals surface area contributed by atoms with Gasteiger partial charge in [0.25, 0.3) is 11.8 Å². The molecule has 28 heavy (non-hydrogen) atoms. The number of ether oxygens (including phenoxy) is 1. The van der Waals surface area contributed by atoms with Crippen molar-refractivity contribution in [1.82, 2.24) is 20.4 Å². The second-order valence-corrected chi connectivity index (χ2v) is 5.93. The molecule has 8 nitrogen and oxygen atoms in total. The molecule has 0 bridgehead atoms. The Bertz CT molecular complexity index is 1140. The summed E-state index contributed by atoms with van der Waals surface area (Å²) in [5, 5.41) is 6.46. The number of aromatic nitrogens is 3. The SMILES string of the molecule is COCc1nc(CNC(=O)c2ccc3oc(-c4cccc(F)c4)nc3c2)no1. The van der Waals surface area contributed by atoms with E-state index < -0.39 is 0 Å². The summed E-state index contributed by atoms with van der Waals surface area (Å²) in [7, 11) is 1.52. The number of methoxy groups -OCH3 is 1. The van der Waals surface area contributed by atoms with Crippen LogP contribution in [0, 0.1) is 5.82 Å². The fraction of sp³-hybridized carbons (Fsp3) is 0.158. The zero-order valence-corrected chi connectivity index (χ0v) is 14.8. The molecule has 0 unspecified atom stereocenters. The summed E-state index contributed by atoms with van der Waals surface area (Å²) >= 11 is 0. The highest BCUT2D eigenvalue weighted by atomic mass is 19.1. The van der Waals surface area contributed by atoms with Crippen molar-refractivity contribution in [1.29, 1.82) is 0 Å². The van der Waals surface area contributed by atoms with E-state index in [-0.39, 0.29) is 30.8 Å². The molecule has 0 aliphatic carbocycles. The van der Waals surface area contributed by atoms with Crippen LogP contribution >= 0.6 is 0 Å². The van der Waals surface area contributed by atoms with E-state index in [0.29, 0.717) is 33.9 Å². The molecule has 0 spiro atoms. The van der Waals surface area contributed by atoms with Crippen molar-refractivity contribution < 1.29 is 22.9 Å². The van der Waals surface area contributed by atoms with Crippen molar-refractivity contribution in [3.8, 4) is 11.5 Å². The van der Waals surface area contributed by atoms with Gasteiger partial charge in [-0.3, -0.25) is 4.79 Å². The van der Waals surface area contributed by atoms with E-state index >= 15 is 0 Å². The van der Waals surface area contributed by atoms with Crippen molar-refractivity contribution in [2.75, 3.05) is 7.11 Å². The molecule has 0 radical (unpaired) electrons. The van der Waals surface area contributed by atoms with E-state index in [4.69, 9.17) is 13.7 Å². The highest BCUT2D eigenvalue weighted by Gasteiger charge is 2.13. The predicted octanol–water partition coefficient (Wildman–Crippen LogP) is 3.09. The quantitative estimate of drug-likeness (QED) is 0.546. The van der Waals surface area contributed by atoms with Crippen LogP contribution in [0.2, 0.25) is 0 Å². The Morgan fingerprint density at radius 3 is 2.93 bits per heavy atom. The summed E-state index contributed by atoms with van der Waals surface area (Å²) in [6.07, 6.45) is 0. The number of nitrogens with one attached hydrogen (secondary N) is 1. The normalized spacial score (nSPS) is 11.1. The second-order valence-electron chi connectivity index (χ2n) is 5.93. The van der Waals surface area contributed by atoms with Crippen LogP contribution in [0.25, 0.3) is 22.6 Å². The van der Waals surface area contributed by atoms with Gasteiger partial charge in [0.05, 0.1) is 6.54 Å². The van der Waals surface area contributed by atoms with Gasteiger partial charge in [-0.1, -0.05) is 11.2 Å². The van der Waals surface area contributed by atoms with Gasteiger partial charge >= 0.3 is 0 Å². The highest BCUT2D eigenvalue weighted by molar-refractivity contribution is 5.97. The van der Waals surface area contributed by atoms with Crippen LogP contribution in [0.3, 0.4) is 0 Å². The first-order chi connectivity index (χ1) is 13.6. The number of hydrogen-bond acceptors (Lipinski definition) is 7. The average molecular weight is 382 g/mol. The predicted molar refractivity (Wildman–Crippen MR) is 95.6 cm³/mol. The van der Waals surface area contributed by atoms with Crippen LogP contribution in [0.15, 0.2) is 51.4 Å². The largest absolute Gasteiger partial charge is 0.436 e. The van der Waals surface area contributed by atoms with Gasteiger partial charge in [-0.15, -0.1) is 0 Å². The van der Waals surface area contributed by atoms with Crippen LogP contribution < -0.4 is 5.32 Å². The molecule has 0 saturated carbocycles. The summed E-state index contributed by atoms with van der Waals surface area (Å²) in [6, 6.07) is 10.8. The molecule has 0 fully saturated rings. The van der Waals surface area contributed by atoms with Crippen LogP contribution in [-0.4, -0.2) is 28.1 Å². The first kappa shape index (κ1) is 17.8. The first-order valence-corrected chi connectivity index (χ1v) is 8.37. The standard InChI is InChI=1S/C19H15FN4O4/c1-26-10-17-23-16(24-28-17)9-21-18(25)11-5-6-15-14(8-11)22-19(27-15)12-3-2-4-13(20)7-12/h2-8H,9-10H2,1H3,(H,21,25). The Labute approximate surface area is 158 Å². The molecule has 142 valence electrons. The molecule has 4 rings (SSSR count). The van der Waals surface area contributed by atoms with E-state index in [0.717, 1.165) is 0 Å². The molecule has 0 atom stereocenters. The average Bonchev–Trinajstić information content (AvgIpc) is 3.32. The van der Waals surface area contributed by atoms with E-state index in [1.54, 1.807) is 30.3 Å². The molecular weight excluding hydrogens is 367 g/mol. The maximum Gasteiger partial charge on any atom is 0.252 e. The van der Waals surface area contributed by atoms with Crippen molar-refractivity contribution in [3.63, 3.8) is 0 Å². The number of amides is 1. The number of benzene rings is 2. The van der Waals surface area contributed by atoms with Gasteiger partial charge in [-0.2, -0.15) is 4.98 Å². The fourth-order valence-corrected chi connectivity index (χ4v) is 2.62. The second kappa shape index (κ2) is 7.57. The minimum Gasteiger partial charge on any atom is -0.436 e. The van der Waals surface area contributed by atoms with Gasteiger partial charge in [0.2, 0.25) is 5.89 Å². The van der Waals surface area contributed by atoms with Crippen LogP contribution in [0.5, 0.6) is 0 Å². The summed E-state index contributed by atoms with van der Waals surface area (Å²) in [4.78, 5) is 20.8. The monoisotopic (exact) mass is 382 g/mol. The molecule has 2 heterocycles. The Morgan fingerprint density at radius 2 is 2.11 bits per heavy atom. The van der Waals surface area contributed by atoms with Gasteiger partial charge in [-0.05, 0) is 36.4 Å². The van der Waals surface area contributed by atoms with E-state index in [9.17, 15) is 9.18 Å². The zero-order valence-electron chi connectivity index (χ0n) is 14.8. The number of carbonyl (C=O) groups is 1. The molecule has 2 aromatic carbocycles. The van der Waals surface area contributed by atoms with Gasteiger partial charge in [0.15, 0.2) is 11.4 Å². The van der Waals surface area contributed by atoms with Crippen molar-refractivity contribution in [2.45, 2.75) is 13.2 Å². The topological polar surface area (TPSA) is 103 Å². The zero-order chi connectivity index (χ0) is 19.5. The highest BCUT2D eigenvalue weighted by Crippen LogP contribution is 2.25. The molecule has 0 saturated heterocycles. The number of halogens is 1. The lowest BCUT2D eigenvalue weighted by atomic mass is 10.2. The lowest BCUT2D eigenvalue weighted by Gasteiger charge is -2.01. The Hall–Kier alpha value is -3.59. The third kappa shape index (κ3) is 3.74. The third-order valence-corrected chi connectivity index (χ3v) is 3.91. The smallest absolute Gasteiger partial charge is 0.252 e. The summed E-state index contributed by atoms with van der Waals surface area (Å²) in [5.74, 6) is 0.256. The van der Waals surface area contributed by atoms with Gasteiger partial charge < -0.3 is 19.0 Å². The number of nitrogens with zero attached hydrogens (tertiary/aromatic N) is 3. The van der Waals surface area contributed by atoms with Crippen LogP contribution in [0.1, 0.15) is 22.1 Å². The van der Waals surface area contributed by atoms with E-state index in [2.05, 4.69) is 20.4 Å². The first-order valence-electron chi connectivity index (χ1n) is 8.37. The maximum atomic E-state index is 13.4. The van der Waals surface area contributed by atoms with Gasteiger partial charge in [0.1, 0.15) is 17.9 Å². The van der Waals surface area contributed by atoms with Gasteiger partial charge in [0, 0.05) is 18.2 Å². The number of oxazole rings is 1. The minimum absolute atomic E-state index is 0.109. The summed E-state index contributed by atoms with van der Waals surface area (Å²) < 4.78 is 28.9. The van der Waals surface area contributed by atoms with Crippen LogP contribution in [0.4, 0.5) is 4.39 Å². The lowest BCUT2D eigenvalue weighted by molar-refractivity contribution is 0.0949. The minimum atomic E-state index is -0.380. The molecule has 2 aromatic heterocycles. The molecule has 1 N–H and O–H groups in total. The Kier molecular flexibility index (Phi) is 4.81. The number of hydrogen-bond donors (Lipinski definition) is 1. The summed E-state index contributed by atoms with van der Waals surface area (Å²) in [5.41, 5.74) is 1.91. The van der Waals surface area contributed by atoms with Gasteiger partial charge in [-0.25, -0.2) is 9.37 Å². The van der Waals surface area contributed by atoms with Crippen LogP contribution in [-0.2, 0) is 17.9 Å².